The molecule has 0 bridgehead atoms. The summed E-state index contributed by atoms with van der Waals surface area (Å²) in [6, 6.07) is 0. The summed E-state index contributed by atoms with van der Waals surface area (Å²) in [4.78, 5) is 3.54. The van der Waals surface area contributed by atoms with Gasteiger partial charge in [0.15, 0.2) is 0 Å². The van der Waals surface area contributed by atoms with Crippen LogP contribution >= 0.6 is 0 Å². The zero-order valence-corrected chi connectivity index (χ0v) is 10.1. The standard InChI is InChI=1S/C11H18F3N3/c1-3-5-6-7-8(4-2)9-15-10(17-16-9)11(12,13)14/h8H,3-7H2,1-2H3,(H,15,16,17). The van der Waals surface area contributed by atoms with Gasteiger partial charge in [0.25, 0.3) is 5.82 Å². The Bertz CT molecular complexity index is 333. The van der Waals surface area contributed by atoms with Crippen LogP contribution in [0, 0.1) is 0 Å². The first-order valence-corrected chi connectivity index (χ1v) is 5.98. The molecule has 1 unspecified atom stereocenters. The minimum absolute atomic E-state index is 0.0464. The molecule has 0 fully saturated rings. The summed E-state index contributed by atoms with van der Waals surface area (Å²) in [6.45, 7) is 4.05. The largest absolute Gasteiger partial charge is 0.453 e. The highest BCUT2D eigenvalue weighted by Gasteiger charge is 2.36. The number of aromatic amines is 1. The molecule has 17 heavy (non-hydrogen) atoms. The lowest BCUT2D eigenvalue weighted by Crippen LogP contribution is -2.08. The van der Waals surface area contributed by atoms with E-state index < -0.39 is 12.0 Å². The zero-order valence-electron chi connectivity index (χ0n) is 10.1. The third kappa shape index (κ3) is 4.02. The third-order valence-corrected chi connectivity index (χ3v) is 2.79. The fourth-order valence-corrected chi connectivity index (χ4v) is 1.76. The van der Waals surface area contributed by atoms with E-state index in [1.165, 1.54) is 0 Å². The lowest BCUT2D eigenvalue weighted by Gasteiger charge is -2.10. The van der Waals surface area contributed by atoms with E-state index in [1.807, 2.05) is 6.92 Å². The van der Waals surface area contributed by atoms with Crippen LogP contribution in [0.25, 0.3) is 0 Å². The number of unbranched alkanes of at least 4 members (excludes halogenated alkanes) is 2. The van der Waals surface area contributed by atoms with Crippen molar-refractivity contribution in [3.63, 3.8) is 0 Å². The predicted octanol–water partition coefficient (Wildman–Crippen LogP) is 3.90. The van der Waals surface area contributed by atoms with Crippen molar-refractivity contribution in [2.45, 2.75) is 58.0 Å². The summed E-state index contributed by atoms with van der Waals surface area (Å²) in [7, 11) is 0. The normalized spacial score (nSPS) is 13.9. The highest BCUT2D eigenvalue weighted by atomic mass is 19.4. The smallest absolute Gasteiger partial charge is 0.262 e. The van der Waals surface area contributed by atoms with E-state index in [2.05, 4.69) is 22.1 Å². The number of hydrogen-bond acceptors (Lipinski definition) is 2. The van der Waals surface area contributed by atoms with Crippen molar-refractivity contribution >= 4 is 0 Å². The fourth-order valence-electron chi connectivity index (χ4n) is 1.76. The Balaban J connectivity index is 2.66. The Labute approximate surface area is 98.8 Å². The maximum atomic E-state index is 12.3. The lowest BCUT2D eigenvalue weighted by atomic mass is 9.98. The highest BCUT2D eigenvalue weighted by molar-refractivity contribution is 4.99. The molecule has 3 nitrogen and oxygen atoms in total. The van der Waals surface area contributed by atoms with Gasteiger partial charge in [0, 0.05) is 5.92 Å². The van der Waals surface area contributed by atoms with Gasteiger partial charge in [-0.15, -0.1) is 5.10 Å². The summed E-state index contributed by atoms with van der Waals surface area (Å²) >= 11 is 0. The number of hydrogen-bond donors (Lipinski definition) is 1. The first-order valence-electron chi connectivity index (χ1n) is 5.98. The van der Waals surface area contributed by atoms with Crippen LogP contribution < -0.4 is 0 Å². The van der Waals surface area contributed by atoms with Crippen LogP contribution in [-0.2, 0) is 6.18 Å². The van der Waals surface area contributed by atoms with Crippen molar-refractivity contribution in [2.24, 2.45) is 0 Å². The van der Waals surface area contributed by atoms with E-state index >= 15 is 0 Å². The molecule has 0 spiro atoms. The second-order valence-electron chi connectivity index (χ2n) is 4.14. The molecule has 1 aromatic heterocycles. The van der Waals surface area contributed by atoms with Gasteiger partial charge in [0.05, 0.1) is 0 Å². The maximum absolute atomic E-state index is 12.3. The third-order valence-electron chi connectivity index (χ3n) is 2.79. The van der Waals surface area contributed by atoms with Crippen LogP contribution in [0.2, 0.25) is 0 Å². The topological polar surface area (TPSA) is 41.6 Å². The Kier molecular flexibility index (Phi) is 4.96. The van der Waals surface area contributed by atoms with E-state index in [0.29, 0.717) is 5.82 Å². The fraction of sp³-hybridized carbons (Fsp3) is 0.818. The summed E-state index contributed by atoms with van der Waals surface area (Å²) in [5.74, 6) is -0.664. The minimum Gasteiger partial charge on any atom is -0.262 e. The van der Waals surface area contributed by atoms with Crippen LogP contribution in [0.1, 0.15) is 63.5 Å². The molecule has 6 heteroatoms. The molecule has 0 amide bonds. The van der Waals surface area contributed by atoms with Gasteiger partial charge in [0.2, 0.25) is 0 Å². The van der Waals surface area contributed by atoms with Crippen molar-refractivity contribution in [3.8, 4) is 0 Å². The van der Waals surface area contributed by atoms with Crippen molar-refractivity contribution in [1.29, 1.82) is 0 Å². The molecule has 1 heterocycles. The molecule has 0 aliphatic rings. The van der Waals surface area contributed by atoms with E-state index in [4.69, 9.17) is 0 Å². The van der Waals surface area contributed by atoms with Crippen LogP contribution in [0.3, 0.4) is 0 Å². The molecule has 0 radical (unpaired) electrons. The van der Waals surface area contributed by atoms with Crippen LogP contribution in [0.5, 0.6) is 0 Å². The average Bonchev–Trinajstić information content (AvgIpc) is 2.73. The Morgan fingerprint density at radius 3 is 2.41 bits per heavy atom. The number of nitrogens with one attached hydrogen (secondary N) is 1. The molecule has 0 saturated heterocycles. The molecule has 0 aromatic carbocycles. The summed E-state index contributed by atoms with van der Waals surface area (Å²) < 4.78 is 37.0. The number of alkyl halides is 3. The van der Waals surface area contributed by atoms with Crippen LogP contribution in [0.15, 0.2) is 0 Å². The second-order valence-corrected chi connectivity index (χ2v) is 4.14. The van der Waals surface area contributed by atoms with Gasteiger partial charge < -0.3 is 0 Å². The molecule has 0 saturated carbocycles. The quantitative estimate of drug-likeness (QED) is 0.777. The van der Waals surface area contributed by atoms with Gasteiger partial charge in [-0.2, -0.15) is 13.2 Å². The van der Waals surface area contributed by atoms with Crippen molar-refractivity contribution in [2.75, 3.05) is 0 Å². The molecular weight excluding hydrogens is 231 g/mol. The Hall–Kier alpha value is -1.07. The van der Waals surface area contributed by atoms with Gasteiger partial charge in [-0.3, -0.25) is 5.10 Å². The van der Waals surface area contributed by atoms with E-state index in [-0.39, 0.29) is 5.92 Å². The van der Waals surface area contributed by atoms with Crippen LogP contribution in [-0.4, -0.2) is 15.2 Å². The van der Waals surface area contributed by atoms with Gasteiger partial charge in [-0.1, -0.05) is 33.1 Å². The number of aromatic nitrogens is 3. The number of halogens is 3. The molecule has 98 valence electrons. The van der Waals surface area contributed by atoms with E-state index in [1.54, 1.807) is 0 Å². The molecular formula is C11H18F3N3. The molecule has 1 N–H and O–H groups in total. The Morgan fingerprint density at radius 1 is 1.24 bits per heavy atom. The van der Waals surface area contributed by atoms with Gasteiger partial charge >= 0.3 is 6.18 Å². The molecule has 1 rings (SSSR count). The number of H-pyrrole nitrogens is 1. The van der Waals surface area contributed by atoms with Crippen molar-refractivity contribution in [3.05, 3.63) is 11.6 Å². The number of nitrogens with zero attached hydrogens (tertiary/aromatic N) is 2. The summed E-state index contributed by atoms with van der Waals surface area (Å²) in [5.41, 5.74) is 0. The molecule has 1 aromatic rings. The number of rotatable bonds is 6. The van der Waals surface area contributed by atoms with Gasteiger partial charge in [0.1, 0.15) is 5.82 Å². The monoisotopic (exact) mass is 249 g/mol. The first kappa shape index (κ1) is 14.0. The summed E-state index contributed by atoms with van der Waals surface area (Å²) in [5, 5.41) is 5.63. The maximum Gasteiger partial charge on any atom is 0.453 e. The molecule has 0 aliphatic heterocycles. The Morgan fingerprint density at radius 2 is 1.94 bits per heavy atom. The lowest BCUT2D eigenvalue weighted by molar-refractivity contribution is -0.144. The second kappa shape index (κ2) is 6.02. The van der Waals surface area contributed by atoms with E-state index in [9.17, 15) is 13.2 Å². The van der Waals surface area contributed by atoms with Crippen molar-refractivity contribution in [1.82, 2.24) is 15.2 Å². The first-order chi connectivity index (χ1) is 7.99. The minimum atomic E-state index is -4.46. The SMILES string of the molecule is CCCCCC(CC)c1nc(C(F)(F)F)n[nH]1. The molecule has 0 aliphatic carbocycles. The van der Waals surface area contributed by atoms with Crippen molar-refractivity contribution < 1.29 is 13.2 Å². The summed E-state index contributed by atoms with van der Waals surface area (Å²) in [6.07, 6.45) is 0.373. The average molecular weight is 249 g/mol. The predicted molar refractivity (Wildman–Crippen MR) is 58.6 cm³/mol. The molecule has 1 atom stereocenters. The van der Waals surface area contributed by atoms with E-state index in [0.717, 1.165) is 32.1 Å². The van der Waals surface area contributed by atoms with Gasteiger partial charge in [-0.25, -0.2) is 4.98 Å². The van der Waals surface area contributed by atoms with Gasteiger partial charge in [-0.05, 0) is 12.8 Å². The van der Waals surface area contributed by atoms with Crippen LogP contribution in [0.4, 0.5) is 13.2 Å². The zero-order chi connectivity index (χ0) is 12.9. The highest BCUT2D eigenvalue weighted by Crippen LogP contribution is 2.28.